The molecule has 0 saturated heterocycles. The van der Waals surface area contributed by atoms with Gasteiger partial charge in [0.05, 0.1) is 16.9 Å². The van der Waals surface area contributed by atoms with Crippen molar-refractivity contribution in [3.63, 3.8) is 0 Å². The molecule has 124 valence electrons. The number of hydrogen-bond acceptors (Lipinski definition) is 2. The van der Waals surface area contributed by atoms with Crippen molar-refractivity contribution in [3.8, 4) is 0 Å². The van der Waals surface area contributed by atoms with E-state index in [1.807, 2.05) is 0 Å². The average molecular weight is 303 g/mol. The van der Waals surface area contributed by atoms with Crippen molar-refractivity contribution < 1.29 is 0 Å². The van der Waals surface area contributed by atoms with Crippen LogP contribution in [-0.2, 0) is 6.42 Å². The van der Waals surface area contributed by atoms with Gasteiger partial charge in [-0.2, -0.15) is 0 Å². The maximum Gasteiger partial charge on any atom is 0.0607 e. The fraction of sp³-hybridized carbons (Fsp3) is 0.700. The SMILES string of the molecule is CCCc1ccc2c(c1)NCC(CCC)(CCC)N2CCC. The Labute approximate surface area is 137 Å². The molecule has 0 fully saturated rings. The Balaban J connectivity index is 2.38. The van der Waals surface area contributed by atoms with Gasteiger partial charge in [-0.1, -0.05) is 53.0 Å². The van der Waals surface area contributed by atoms with Gasteiger partial charge in [0, 0.05) is 13.1 Å². The van der Waals surface area contributed by atoms with Crippen LogP contribution in [0.3, 0.4) is 0 Å². The van der Waals surface area contributed by atoms with Gasteiger partial charge in [0.25, 0.3) is 0 Å². The van der Waals surface area contributed by atoms with Crippen molar-refractivity contribution in [2.24, 2.45) is 0 Å². The summed E-state index contributed by atoms with van der Waals surface area (Å²) in [4.78, 5) is 2.72. The molecule has 0 aliphatic carbocycles. The Kier molecular flexibility index (Phi) is 6.16. The molecule has 1 aromatic rings. The van der Waals surface area contributed by atoms with E-state index in [1.165, 1.54) is 68.4 Å². The third-order valence-electron chi connectivity index (χ3n) is 4.95. The number of aryl methyl sites for hydroxylation is 1. The van der Waals surface area contributed by atoms with Crippen molar-refractivity contribution in [3.05, 3.63) is 23.8 Å². The molecule has 2 rings (SSSR count). The zero-order chi connectivity index (χ0) is 16.0. The van der Waals surface area contributed by atoms with E-state index in [1.54, 1.807) is 0 Å². The predicted octanol–water partition coefficient (Wildman–Crippen LogP) is 5.62. The molecular formula is C20H34N2. The van der Waals surface area contributed by atoms with Gasteiger partial charge in [0.15, 0.2) is 0 Å². The van der Waals surface area contributed by atoms with E-state index in [0.717, 1.165) is 6.54 Å². The van der Waals surface area contributed by atoms with Gasteiger partial charge in [-0.15, -0.1) is 0 Å². The number of hydrogen-bond donors (Lipinski definition) is 1. The van der Waals surface area contributed by atoms with Gasteiger partial charge in [0.2, 0.25) is 0 Å². The maximum absolute atomic E-state index is 3.77. The third kappa shape index (κ3) is 3.42. The molecule has 1 aliphatic heterocycles. The van der Waals surface area contributed by atoms with E-state index < -0.39 is 0 Å². The first-order chi connectivity index (χ1) is 10.7. The summed E-state index contributed by atoms with van der Waals surface area (Å²) in [6.45, 7) is 11.5. The first kappa shape index (κ1) is 17.2. The Morgan fingerprint density at radius 3 is 2.32 bits per heavy atom. The number of fused-ring (bicyclic) bond motifs is 1. The molecular weight excluding hydrogens is 268 g/mol. The molecule has 1 N–H and O–H groups in total. The topological polar surface area (TPSA) is 15.3 Å². The lowest BCUT2D eigenvalue weighted by molar-refractivity contribution is 0.336. The lowest BCUT2D eigenvalue weighted by Gasteiger charge is -2.50. The summed E-state index contributed by atoms with van der Waals surface area (Å²) in [5, 5.41) is 3.77. The van der Waals surface area contributed by atoms with Crippen LogP contribution in [0.5, 0.6) is 0 Å². The summed E-state index contributed by atoms with van der Waals surface area (Å²) < 4.78 is 0. The van der Waals surface area contributed by atoms with E-state index in [4.69, 9.17) is 0 Å². The first-order valence-corrected chi connectivity index (χ1v) is 9.35. The molecule has 2 heteroatoms. The minimum atomic E-state index is 0.304. The number of rotatable bonds is 8. The van der Waals surface area contributed by atoms with Gasteiger partial charge < -0.3 is 10.2 Å². The van der Waals surface area contributed by atoms with Gasteiger partial charge in [-0.3, -0.25) is 0 Å². The lowest BCUT2D eigenvalue weighted by atomic mass is 9.83. The summed E-state index contributed by atoms with van der Waals surface area (Å²) in [5.41, 5.74) is 4.54. The molecule has 0 saturated carbocycles. The Hall–Kier alpha value is -1.18. The molecule has 0 unspecified atom stereocenters. The number of nitrogens with zero attached hydrogens (tertiary/aromatic N) is 1. The van der Waals surface area contributed by atoms with Crippen molar-refractivity contribution in [2.45, 2.75) is 78.2 Å². The molecule has 0 amide bonds. The summed E-state index contributed by atoms with van der Waals surface area (Å²) in [6, 6.07) is 7.08. The Morgan fingerprint density at radius 1 is 1.00 bits per heavy atom. The van der Waals surface area contributed by atoms with Crippen LogP contribution in [0.2, 0.25) is 0 Å². The maximum atomic E-state index is 3.77. The van der Waals surface area contributed by atoms with Crippen LogP contribution in [0.1, 0.15) is 71.8 Å². The highest BCUT2D eigenvalue weighted by Crippen LogP contribution is 2.41. The lowest BCUT2D eigenvalue weighted by Crippen LogP contribution is -2.56. The second-order valence-electron chi connectivity index (χ2n) is 6.83. The molecule has 1 aromatic carbocycles. The van der Waals surface area contributed by atoms with Gasteiger partial charge in [0.1, 0.15) is 0 Å². The fourth-order valence-corrected chi connectivity index (χ4v) is 4.10. The second-order valence-corrected chi connectivity index (χ2v) is 6.83. The predicted molar refractivity (Wildman–Crippen MR) is 99.1 cm³/mol. The summed E-state index contributed by atoms with van der Waals surface area (Å²) in [6.07, 6.45) is 8.68. The highest BCUT2D eigenvalue weighted by atomic mass is 15.3. The number of anilines is 2. The largest absolute Gasteiger partial charge is 0.381 e. The number of benzene rings is 1. The Bertz CT molecular complexity index is 461. The van der Waals surface area contributed by atoms with E-state index in [2.05, 4.69) is 56.1 Å². The minimum absolute atomic E-state index is 0.304. The fourth-order valence-electron chi connectivity index (χ4n) is 4.10. The van der Waals surface area contributed by atoms with Crippen LogP contribution < -0.4 is 10.2 Å². The molecule has 0 aromatic heterocycles. The van der Waals surface area contributed by atoms with Crippen LogP contribution >= 0.6 is 0 Å². The van der Waals surface area contributed by atoms with Crippen molar-refractivity contribution in [1.29, 1.82) is 0 Å². The quantitative estimate of drug-likeness (QED) is 0.670. The van der Waals surface area contributed by atoms with Crippen molar-refractivity contribution >= 4 is 11.4 Å². The third-order valence-corrected chi connectivity index (χ3v) is 4.95. The summed E-state index contributed by atoms with van der Waals surface area (Å²) >= 11 is 0. The van der Waals surface area contributed by atoms with E-state index in [9.17, 15) is 0 Å². The van der Waals surface area contributed by atoms with E-state index >= 15 is 0 Å². The zero-order valence-corrected chi connectivity index (χ0v) is 15.0. The van der Waals surface area contributed by atoms with Gasteiger partial charge in [-0.05, 0) is 43.4 Å². The van der Waals surface area contributed by atoms with Gasteiger partial charge >= 0.3 is 0 Å². The molecule has 0 atom stereocenters. The van der Waals surface area contributed by atoms with Crippen LogP contribution in [0.4, 0.5) is 11.4 Å². The van der Waals surface area contributed by atoms with E-state index in [-0.39, 0.29) is 0 Å². The first-order valence-electron chi connectivity index (χ1n) is 9.35. The molecule has 0 radical (unpaired) electrons. The monoisotopic (exact) mass is 302 g/mol. The average Bonchev–Trinajstić information content (AvgIpc) is 2.51. The van der Waals surface area contributed by atoms with E-state index in [0.29, 0.717) is 5.54 Å². The van der Waals surface area contributed by atoms with Crippen molar-refractivity contribution in [1.82, 2.24) is 0 Å². The highest BCUT2D eigenvalue weighted by Gasteiger charge is 2.38. The smallest absolute Gasteiger partial charge is 0.0607 e. The molecule has 2 nitrogen and oxygen atoms in total. The number of nitrogens with one attached hydrogen (secondary N) is 1. The summed E-state index contributed by atoms with van der Waals surface area (Å²) in [5.74, 6) is 0. The highest BCUT2D eigenvalue weighted by molar-refractivity contribution is 5.74. The van der Waals surface area contributed by atoms with Crippen molar-refractivity contribution in [2.75, 3.05) is 23.3 Å². The normalized spacial score (nSPS) is 16.3. The Morgan fingerprint density at radius 2 is 1.73 bits per heavy atom. The van der Waals surface area contributed by atoms with Crippen LogP contribution in [0.25, 0.3) is 0 Å². The molecule has 0 bridgehead atoms. The molecule has 0 spiro atoms. The minimum Gasteiger partial charge on any atom is -0.381 e. The second kappa shape index (κ2) is 7.89. The zero-order valence-electron chi connectivity index (χ0n) is 15.0. The summed E-state index contributed by atoms with van der Waals surface area (Å²) in [7, 11) is 0. The van der Waals surface area contributed by atoms with Crippen LogP contribution in [0.15, 0.2) is 18.2 Å². The van der Waals surface area contributed by atoms with Crippen LogP contribution in [0, 0.1) is 0 Å². The van der Waals surface area contributed by atoms with Crippen LogP contribution in [-0.4, -0.2) is 18.6 Å². The van der Waals surface area contributed by atoms with Gasteiger partial charge in [-0.25, -0.2) is 0 Å². The molecule has 1 heterocycles. The molecule has 1 aliphatic rings. The standard InChI is InChI=1S/C20H34N2/c1-5-9-17-10-11-19-18(15-17)21-16-20(12-6-2,13-7-3)22(19)14-8-4/h10-11,15,21H,5-9,12-14,16H2,1-4H3. The molecule has 22 heavy (non-hydrogen) atoms.